The second-order valence-corrected chi connectivity index (χ2v) is 12.4. The molecule has 4 N–H and O–H groups in total. The summed E-state index contributed by atoms with van der Waals surface area (Å²) in [6.07, 6.45) is 0.121. The maximum atomic E-state index is 13.3. The summed E-state index contributed by atoms with van der Waals surface area (Å²) in [5, 5.41) is 44.0. The number of nitriles is 3. The first-order chi connectivity index (χ1) is 20.3. The van der Waals surface area contributed by atoms with Gasteiger partial charge in [0, 0.05) is 42.2 Å². The van der Waals surface area contributed by atoms with Gasteiger partial charge < -0.3 is 20.7 Å². The van der Waals surface area contributed by atoms with Crippen molar-refractivity contribution in [2.45, 2.75) is 50.5 Å². The third kappa shape index (κ3) is 8.73. The first-order valence-electron chi connectivity index (χ1n) is 12.6. The molecule has 0 atom stereocenters. The van der Waals surface area contributed by atoms with Crippen LogP contribution in [0.3, 0.4) is 0 Å². The normalized spacial score (nSPS) is 12.8. The zero-order valence-corrected chi connectivity index (χ0v) is 25.5. The highest BCUT2D eigenvalue weighted by Crippen LogP contribution is 2.33. The number of nitrogens with two attached hydrogens (primary N) is 1. The fourth-order valence-corrected chi connectivity index (χ4v) is 3.66. The van der Waals surface area contributed by atoms with Crippen molar-refractivity contribution in [3.8, 4) is 35.5 Å². The molecule has 0 fully saturated rings. The third-order valence-corrected chi connectivity index (χ3v) is 6.64. The van der Waals surface area contributed by atoms with E-state index >= 15 is 0 Å². The van der Waals surface area contributed by atoms with Crippen LogP contribution in [-0.2, 0) is 22.4 Å². The number of benzene rings is 3. The van der Waals surface area contributed by atoms with Gasteiger partial charge in [-0.25, -0.2) is 13.2 Å². The fourth-order valence-electron chi connectivity index (χ4n) is 3.52. The van der Waals surface area contributed by atoms with E-state index in [9.17, 15) is 27.9 Å². The summed E-state index contributed by atoms with van der Waals surface area (Å²) < 4.78 is 43.7. The molecule has 0 bridgehead atoms. The molecule has 0 radical (unpaired) electrons. The number of hydrogen-bond acceptors (Lipinski definition) is 9. The van der Waals surface area contributed by atoms with Crippen molar-refractivity contribution >= 4 is 33.2 Å². The summed E-state index contributed by atoms with van der Waals surface area (Å²) in [5.41, 5.74) is 4.69. The van der Waals surface area contributed by atoms with Gasteiger partial charge in [-0.3, -0.25) is 9.59 Å². The van der Waals surface area contributed by atoms with E-state index in [1.54, 1.807) is 45.9 Å². The number of carbonyl (C=O) groups excluding carboxylic acids is 2. The van der Waals surface area contributed by atoms with Gasteiger partial charge in [0.25, 0.3) is 0 Å². The van der Waals surface area contributed by atoms with E-state index in [2.05, 4.69) is 15.9 Å². The molecule has 4 rings (SSSR count). The molecule has 0 saturated carbocycles. The minimum atomic E-state index is -0.923. The molecule has 0 saturated heterocycles. The predicted molar refractivity (Wildman–Crippen MR) is 156 cm³/mol. The highest BCUT2D eigenvalue weighted by Gasteiger charge is 2.35. The van der Waals surface area contributed by atoms with Crippen LogP contribution in [0.5, 0.6) is 17.2 Å². The summed E-state index contributed by atoms with van der Waals surface area (Å²) >= 11 is 3.21. The summed E-state index contributed by atoms with van der Waals surface area (Å²) in [6, 6.07) is 11.5. The Balaban J connectivity index is 0.000000236. The number of ketones is 2. The summed E-state index contributed by atoms with van der Waals surface area (Å²) in [6.45, 7) is 6.66. The van der Waals surface area contributed by atoms with Crippen molar-refractivity contribution in [3.63, 3.8) is 0 Å². The number of phenolic OH excluding ortho intramolecular Hbond substituents is 2. The molecule has 0 unspecified atom stereocenters. The number of Topliss-reactive ketones (excluding diaryl/α,β-unsaturated/α-hetero) is 2. The molecule has 0 aliphatic carbocycles. The van der Waals surface area contributed by atoms with Gasteiger partial charge >= 0.3 is 0 Å². The van der Waals surface area contributed by atoms with Crippen molar-refractivity contribution in [1.29, 1.82) is 15.8 Å². The predicted octanol–water partition coefficient (Wildman–Crippen LogP) is 5.65. The number of carbonyl (C=O) groups is 2. The zero-order chi connectivity index (χ0) is 33.6. The SMILES string of the molecule is CC(C)(Br)C(=O)Cc1cc(C#N)c(F)cc1O.CC1(C)Oc2cc(F)c(C#N)cc2CC1=O.N#Cc1cc(N)c(O)cc1F. The van der Waals surface area contributed by atoms with Gasteiger partial charge in [-0.15, -0.1) is 0 Å². The number of alkyl halides is 1. The summed E-state index contributed by atoms with van der Waals surface area (Å²) in [5.74, 6) is -2.72. The van der Waals surface area contributed by atoms with Crippen LogP contribution < -0.4 is 10.5 Å². The number of phenols is 2. The van der Waals surface area contributed by atoms with Gasteiger partial charge in [0.1, 0.15) is 52.9 Å². The first kappa shape index (κ1) is 35.1. The quantitative estimate of drug-likeness (QED) is 0.180. The zero-order valence-electron chi connectivity index (χ0n) is 23.9. The Kier molecular flexibility index (Phi) is 11.1. The number of hydrogen-bond donors (Lipinski definition) is 3. The van der Waals surface area contributed by atoms with E-state index in [0.29, 0.717) is 11.3 Å². The van der Waals surface area contributed by atoms with Gasteiger partial charge in [-0.05, 0) is 45.9 Å². The monoisotopic (exact) mass is 670 g/mol. The van der Waals surface area contributed by atoms with E-state index in [4.69, 9.17) is 31.4 Å². The molecule has 3 aromatic carbocycles. The maximum absolute atomic E-state index is 13.3. The number of ether oxygens (including phenoxy) is 1. The number of nitrogens with zero attached hydrogens (tertiary/aromatic N) is 3. The van der Waals surface area contributed by atoms with Crippen molar-refractivity contribution in [2.24, 2.45) is 0 Å². The third-order valence-electron chi connectivity index (χ3n) is 6.20. The molecule has 9 nitrogen and oxygen atoms in total. The average molecular weight is 671 g/mol. The average Bonchev–Trinajstić information content (AvgIpc) is 2.93. The van der Waals surface area contributed by atoms with Gasteiger partial charge in [-0.2, -0.15) is 15.8 Å². The number of aromatic hydroxyl groups is 2. The first-order valence-corrected chi connectivity index (χ1v) is 13.4. The second kappa shape index (κ2) is 13.9. The van der Waals surface area contributed by atoms with Crippen molar-refractivity contribution in [2.75, 3.05) is 5.73 Å². The lowest BCUT2D eigenvalue weighted by molar-refractivity contribution is -0.132. The van der Waals surface area contributed by atoms with Gasteiger partial charge in [0.15, 0.2) is 17.2 Å². The maximum Gasteiger partial charge on any atom is 0.180 e. The molecule has 228 valence electrons. The lowest BCUT2D eigenvalue weighted by Crippen LogP contribution is -2.42. The Morgan fingerprint density at radius 1 is 0.932 bits per heavy atom. The lowest BCUT2D eigenvalue weighted by atomic mass is 9.92. The minimum Gasteiger partial charge on any atom is -0.508 e. The van der Waals surface area contributed by atoms with Crippen LogP contribution in [0.1, 0.15) is 55.5 Å². The van der Waals surface area contributed by atoms with Crippen LogP contribution in [0.25, 0.3) is 0 Å². The van der Waals surface area contributed by atoms with Gasteiger partial charge in [0.05, 0.1) is 26.7 Å². The van der Waals surface area contributed by atoms with Crippen molar-refractivity contribution < 1.29 is 37.7 Å². The lowest BCUT2D eigenvalue weighted by Gasteiger charge is -2.31. The van der Waals surface area contributed by atoms with Gasteiger partial charge in [-0.1, -0.05) is 15.9 Å². The largest absolute Gasteiger partial charge is 0.508 e. The molecule has 44 heavy (non-hydrogen) atoms. The number of rotatable bonds is 3. The number of anilines is 1. The van der Waals surface area contributed by atoms with Crippen LogP contribution in [0, 0.1) is 51.4 Å². The Morgan fingerprint density at radius 2 is 1.41 bits per heavy atom. The molecule has 1 aliphatic heterocycles. The summed E-state index contributed by atoms with van der Waals surface area (Å²) in [7, 11) is 0. The molecule has 13 heteroatoms. The Bertz CT molecular complexity index is 1750. The van der Waals surface area contributed by atoms with E-state index in [-0.39, 0.29) is 63.8 Å². The van der Waals surface area contributed by atoms with E-state index < -0.39 is 27.4 Å². The topological polar surface area (TPSA) is 181 Å². The van der Waals surface area contributed by atoms with E-state index in [1.165, 1.54) is 18.2 Å². The molecular formula is C31H26BrF3N4O5. The Labute approximate surface area is 259 Å². The standard InChI is InChI=1S/C12H11BrFNO2.C12H10FNO2.C7H5FN2O/c1-12(2,13)11(17)4-7-3-8(6-15)9(14)5-10(7)16;1-12(2)11(15)4-7-3-8(6-14)9(13)5-10(7)16-12;8-5-2-7(11)6(10)1-4(5)3-9/h3,5,16H,4H2,1-2H3;3,5H,4H2,1-2H3;1-2,11H,10H2. The van der Waals surface area contributed by atoms with Crippen molar-refractivity contribution in [1.82, 2.24) is 0 Å². The van der Waals surface area contributed by atoms with Crippen molar-refractivity contribution in [3.05, 3.63) is 81.7 Å². The minimum absolute atomic E-state index is 0.00273. The molecular weight excluding hydrogens is 645 g/mol. The van der Waals surface area contributed by atoms with Crippen LogP contribution in [0.2, 0.25) is 0 Å². The van der Waals surface area contributed by atoms with Crippen LogP contribution in [0.15, 0.2) is 36.4 Å². The molecule has 0 spiro atoms. The molecule has 0 aromatic heterocycles. The van der Waals surface area contributed by atoms with Crippen LogP contribution in [-0.4, -0.2) is 31.7 Å². The second-order valence-electron chi connectivity index (χ2n) is 10.4. The Morgan fingerprint density at radius 3 is 1.93 bits per heavy atom. The summed E-state index contributed by atoms with van der Waals surface area (Å²) in [4.78, 5) is 23.4. The molecule has 0 amide bonds. The highest BCUT2D eigenvalue weighted by molar-refractivity contribution is 9.10. The van der Waals surface area contributed by atoms with Crippen LogP contribution in [0.4, 0.5) is 18.9 Å². The fraction of sp³-hybridized carbons (Fsp3) is 0.258. The van der Waals surface area contributed by atoms with E-state index in [1.807, 2.05) is 0 Å². The van der Waals surface area contributed by atoms with Gasteiger partial charge in [0.2, 0.25) is 0 Å². The molecule has 3 aromatic rings. The number of nitrogen functional groups attached to an aromatic ring is 1. The van der Waals surface area contributed by atoms with Crippen LogP contribution >= 0.6 is 15.9 Å². The Hall–Kier alpha value is -5.06. The smallest absolute Gasteiger partial charge is 0.180 e. The molecule has 1 aliphatic rings. The highest BCUT2D eigenvalue weighted by atomic mass is 79.9. The number of halogens is 4. The van der Waals surface area contributed by atoms with E-state index in [0.717, 1.165) is 18.2 Å². The number of fused-ring (bicyclic) bond motifs is 1. The molecule has 1 heterocycles.